The molecule has 0 amide bonds. The van der Waals surface area contributed by atoms with E-state index in [1.807, 2.05) is 6.08 Å². The Balaban J connectivity index is 1.00. The maximum atomic E-state index is 4.00. The molecule has 2 aliphatic rings. The summed E-state index contributed by atoms with van der Waals surface area (Å²) in [5.41, 5.74) is 21.7. The van der Waals surface area contributed by atoms with Crippen LogP contribution >= 0.6 is 0 Å². The van der Waals surface area contributed by atoms with Crippen molar-refractivity contribution in [1.82, 2.24) is 0 Å². The molecule has 0 fully saturated rings. The summed E-state index contributed by atoms with van der Waals surface area (Å²) in [6.45, 7) is 6.20. The van der Waals surface area contributed by atoms with Crippen molar-refractivity contribution in [2.75, 3.05) is 4.90 Å². The molecule has 10 aromatic carbocycles. The van der Waals surface area contributed by atoms with E-state index in [1.54, 1.807) is 0 Å². The van der Waals surface area contributed by atoms with Gasteiger partial charge in [-0.1, -0.05) is 183 Å². The zero-order valence-electron chi connectivity index (χ0n) is 37.3. The first-order valence-electron chi connectivity index (χ1n) is 23.4. The SMILES string of the molecule is C=C/C=C(\CC)c1ccc(N(c2ccc(-c3ccc4cc(-c5ccccc5)c5c(c4c3)C=C(c3ccccc3)CC5)cc2)c2cccc3c2-c2cccc4c2cc(c2ccccc24)C3)cc1. The predicted molar refractivity (Wildman–Crippen MR) is 284 cm³/mol. The Labute approximate surface area is 388 Å². The highest BCUT2D eigenvalue weighted by atomic mass is 15.1. The number of nitrogens with zero attached hydrogens (tertiary/aromatic N) is 1. The molecule has 66 heavy (non-hydrogen) atoms. The molecule has 1 nitrogen and oxygen atoms in total. The van der Waals surface area contributed by atoms with Gasteiger partial charge in [-0.2, -0.15) is 0 Å². The van der Waals surface area contributed by atoms with E-state index in [0.717, 1.165) is 37.1 Å². The molecule has 0 saturated carbocycles. The highest BCUT2D eigenvalue weighted by Crippen LogP contribution is 2.49. The topological polar surface area (TPSA) is 3.24 Å². The van der Waals surface area contributed by atoms with Gasteiger partial charge in [0.25, 0.3) is 0 Å². The maximum Gasteiger partial charge on any atom is 0.0543 e. The number of benzene rings is 10. The van der Waals surface area contributed by atoms with Crippen LogP contribution in [0.5, 0.6) is 0 Å². The van der Waals surface area contributed by atoms with Gasteiger partial charge in [0.2, 0.25) is 0 Å². The number of allylic oxidation sites excluding steroid dienone is 4. The van der Waals surface area contributed by atoms with Crippen molar-refractivity contribution in [3.63, 3.8) is 0 Å². The summed E-state index contributed by atoms with van der Waals surface area (Å²) >= 11 is 0. The molecule has 314 valence electrons. The third kappa shape index (κ3) is 6.79. The van der Waals surface area contributed by atoms with E-state index in [1.165, 1.54) is 116 Å². The molecule has 0 spiro atoms. The molecule has 0 aromatic heterocycles. The van der Waals surface area contributed by atoms with Crippen molar-refractivity contribution in [2.45, 2.75) is 32.6 Å². The molecule has 0 atom stereocenters. The standard InChI is InChI=1S/C65H49N/c1-3-15-43(4-2)45-28-33-53(34-29-45)66(64-25-13-20-51-38-52-42-62-57(23-14-24-59(62)65(51)64)56-22-12-11-21-55(52)56)54-35-30-46(31-36-54)48-26-27-50-41-60(47-18-9-6-10-19-47)58-37-32-49(40-63(58)61(50)39-48)44-16-7-5-8-17-44/h3,5-31,33-36,39-42H,1,4,32,37-38H2,2H3/b43-15+. The lowest BCUT2D eigenvalue weighted by Gasteiger charge is -2.29. The molecule has 10 aromatic rings. The Morgan fingerprint density at radius 2 is 1.18 bits per heavy atom. The van der Waals surface area contributed by atoms with Gasteiger partial charge in [-0.15, -0.1) is 0 Å². The van der Waals surface area contributed by atoms with E-state index in [-0.39, 0.29) is 0 Å². The summed E-state index contributed by atoms with van der Waals surface area (Å²) in [5.74, 6) is 0. The van der Waals surface area contributed by atoms with Crippen molar-refractivity contribution in [1.29, 1.82) is 0 Å². The van der Waals surface area contributed by atoms with Gasteiger partial charge in [0.05, 0.1) is 5.69 Å². The summed E-state index contributed by atoms with van der Waals surface area (Å²) in [6.07, 6.45) is 10.3. The minimum atomic E-state index is 0.868. The molecular formula is C65H49N. The molecule has 0 heterocycles. The van der Waals surface area contributed by atoms with Crippen LogP contribution in [0, 0.1) is 0 Å². The third-order valence-electron chi connectivity index (χ3n) is 14.1. The van der Waals surface area contributed by atoms with E-state index < -0.39 is 0 Å². The van der Waals surface area contributed by atoms with E-state index in [2.05, 4.69) is 231 Å². The first-order chi connectivity index (χ1) is 32.6. The number of fused-ring (bicyclic) bond motifs is 9. The minimum absolute atomic E-state index is 0.868. The van der Waals surface area contributed by atoms with Gasteiger partial charge in [-0.25, -0.2) is 0 Å². The Bertz CT molecular complexity index is 3570. The largest absolute Gasteiger partial charge is 0.310 e. The molecule has 2 bridgehead atoms. The average molecular weight is 844 g/mol. The number of rotatable bonds is 9. The molecule has 0 unspecified atom stereocenters. The van der Waals surface area contributed by atoms with Crippen molar-refractivity contribution in [3.05, 3.63) is 252 Å². The fourth-order valence-electron chi connectivity index (χ4n) is 11.0. The molecule has 2 aliphatic carbocycles. The van der Waals surface area contributed by atoms with Crippen molar-refractivity contribution in [3.8, 4) is 33.4 Å². The van der Waals surface area contributed by atoms with Crippen molar-refractivity contribution >= 4 is 66.6 Å². The molecule has 0 aliphatic heterocycles. The van der Waals surface area contributed by atoms with Crippen LogP contribution in [0.2, 0.25) is 0 Å². The van der Waals surface area contributed by atoms with Crippen LogP contribution in [0.25, 0.3) is 82.9 Å². The van der Waals surface area contributed by atoms with E-state index in [9.17, 15) is 0 Å². The summed E-state index contributed by atoms with van der Waals surface area (Å²) in [6, 6.07) is 74.8. The second kappa shape index (κ2) is 16.5. The van der Waals surface area contributed by atoms with Crippen LogP contribution in [0.1, 0.15) is 53.1 Å². The first-order valence-corrected chi connectivity index (χ1v) is 23.4. The van der Waals surface area contributed by atoms with Gasteiger partial charge in [-0.05, 0) is 179 Å². The lowest BCUT2D eigenvalue weighted by atomic mass is 9.81. The molecule has 0 saturated heterocycles. The van der Waals surface area contributed by atoms with Crippen LogP contribution in [-0.2, 0) is 12.8 Å². The Morgan fingerprint density at radius 1 is 0.515 bits per heavy atom. The zero-order valence-corrected chi connectivity index (χ0v) is 37.3. The third-order valence-corrected chi connectivity index (χ3v) is 14.1. The number of hydrogen-bond acceptors (Lipinski definition) is 1. The van der Waals surface area contributed by atoms with Gasteiger partial charge in [-0.3, -0.25) is 0 Å². The molecule has 1 heteroatoms. The second-order valence-electron chi connectivity index (χ2n) is 17.8. The zero-order chi connectivity index (χ0) is 44.1. The first kappa shape index (κ1) is 39.6. The van der Waals surface area contributed by atoms with E-state index in [0.29, 0.717) is 0 Å². The van der Waals surface area contributed by atoms with Crippen LogP contribution in [0.3, 0.4) is 0 Å². The normalized spacial score (nSPS) is 13.0. The second-order valence-corrected chi connectivity index (χ2v) is 17.8. The van der Waals surface area contributed by atoms with Gasteiger partial charge in [0, 0.05) is 16.9 Å². The van der Waals surface area contributed by atoms with Crippen molar-refractivity contribution < 1.29 is 0 Å². The lowest BCUT2D eigenvalue weighted by molar-refractivity contribution is 1.01. The van der Waals surface area contributed by atoms with Crippen LogP contribution in [0.4, 0.5) is 17.1 Å². The monoisotopic (exact) mass is 843 g/mol. The molecule has 0 N–H and O–H groups in total. The quantitative estimate of drug-likeness (QED) is 0.103. The van der Waals surface area contributed by atoms with Gasteiger partial charge >= 0.3 is 0 Å². The predicted octanol–water partition coefficient (Wildman–Crippen LogP) is 18.0. The summed E-state index contributed by atoms with van der Waals surface area (Å²) < 4.78 is 0. The molecule has 0 radical (unpaired) electrons. The fraction of sp³-hybridized carbons (Fsp3) is 0.0769. The minimum Gasteiger partial charge on any atom is -0.310 e. The van der Waals surface area contributed by atoms with E-state index in [4.69, 9.17) is 0 Å². The Hall–Kier alpha value is -8.00. The summed E-state index contributed by atoms with van der Waals surface area (Å²) in [5, 5.41) is 7.83. The highest BCUT2D eigenvalue weighted by molar-refractivity contribution is 6.15. The van der Waals surface area contributed by atoms with Gasteiger partial charge in [0.15, 0.2) is 0 Å². The fourth-order valence-corrected chi connectivity index (χ4v) is 11.0. The van der Waals surface area contributed by atoms with Crippen LogP contribution in [-0.4, -0.2) is 0 Å². The average Bonchev–Trinajstić information content (AvgIpc) is 3.55. The van der Waals surface area contributed by atoms with Gasteiger partial charge < -0.3 is 4.90 Å². The van der Waals surface area contributed by atoms with Crippen LogP contribution < -0.4 is 4.90 Å². The number of anilines is 3. The smallest absolute Gasteiger partial charge is 0.0543 e. The number of hydrogen-bond donors (Lipinski definition) is 0. The van der Waals surface area contributed by atoms with Crippen LogP contribution in [0.15, 0.2) is 219 Å². The lowest BCUT2D eigenvalue weighted by Crippen LogP contribution is -2.12. The van der Waals surface area contributed by atoms with Gasteiger partial charge in [0.1, 0.15) is 0 Å². The Morgan fingerprint density at radius 3 is 1.94 bits per heavy atom. The molecule has 12 rings (SSSR count). The summed E-state index contributed by atoms with van der Waals surface area (Å²) in [4.78, 5) is 2.47. The van der Waals surface area contributed by atoms with Crippen molar-refractivity contribution in [2.24, 2.45) is 0 Å². The summed E-state index contributed by atoms with van der Waals surface area (Å²) in [7, 11) is 0. The molecular weight excluding hydrogens is 795 g/mol. The van der Waals surface area contributed by atoms with E-state index >= 15 is 0 Å². The maximum absolute atomic E-state index is 4.00. The Kier molecular flexibility index (Phi) is 9.91. The highest BCUT2D eigenvalue weighted by Gasteiger charge is 2.25.